The van der Waals surface area contributed by atoms with Crippen molar-refractivity contribution in [1.29, 1.82) is 0 Å². The van der Waals surface area contributed by atoms with E-state index in [2.05, 4.69) is 108 Å². The smallest absolute Gasteiger partial charge is 0.241 e. The van der Waals surface area contributed by atoms with E-state index >= 15 is 0 Å². The van der Waals surface area contributed by atoms with Crippen LogP contribution in [0.5, 0.6) is 28.9 Å². The van der Waals surface area contributed by atoms with Crippen molar-refractivity contribution in [1.82, 2.24) is 29.1 Å². The van der Waals surface area contributed by atoms with Gasteiger partial charge in [-0.05, 0) is 117 Å². The number of methoxy groups -OCH3 is 1. The van der Waals surface area contributed by atoms with Crippen molar-refractivity contribution < 1.29 is 18.9 Å². The average Bonchev–Trinajstić information content (AvgIpc) is 3.84. The molecule has 322 valence electrons. The van der Waals surface area contributed by atoms with Crippen molar-refractivity contribution in [2.75, 3.05) is 13.7 Å². The predicted octanol–water partition coefficient (Wildman–Crippen LogP) is 13.5. The van der Waals surface area contributed by atoms with Crippen LogP contribution in [-0.4, -0.2) is 42.8 Å². The first-order valence-electron chi connectivity index (χ1n) is 21.9. The Morgan fingerprint density at radius 1 is 0.470 bits per heavy atom. The van der Waals surface area contributed by atoms with E-state index in [4.69, 9.17) is 38.9 Å². The molecule has 11 aromatic rings. The molecular weight excluding hydrogens is 821 g/mol. The van der Waals surface area contributed by atoms with Gasteiger partial charge in [0.2, 0.25) is 5.88 Å². The van der Waals surface area contributed by atoms with Crippen LogP contribution in [0.4, 0.5) is 0 Å². The largest absolute Gasteiger partial charge is 0.476 e. The standard InChI is InChI=1S/C56H44N6O4/c1-5-64-56-55(38-13-11-15-40(31-38)66-42-21-23-46-44-17-7-9-19-49(44)62(51(46)33-42)53-29-36(3)25-27-58-53)59-47(34-63-4)54(60-56)37-12-10-14-39(30-37)65-41-20-22-45-43-16-6-8-18-48(43)61(50(45)32-41)52-28-35(2)24-26-57-52/h6-33H,5,34H2,1-4H3. The Bertz CT molecular complexity index is 3390. The third-order valence-corrected chi connectivity index (χ3v) is 11.7. The number of nitrogens with zero attached hydrogens (tertiary/aromatic N) is 6. The lowest BCUT2D eigenvalue weighted by Crippen LogP contribution is -2.06. The van der Waals surface area contributed by atoms with Crippen molar-refractivity contribution in [2.45, 2.75) is 27.4 Å². The molecule has 10 nitrogen and oxygen atoms in total. The second-order valence-electron chi connectivity index (χ2n) is 16.2. The summed E-state index contributed by atoms with van der Waals surface area (Å²) in [6.45, 7) is 6.71. The zero-order chi connectivity index (χ0) is 44.7. The number of para-hydroxylation sites is 2. The Labute approximate surface area is 381 Å². The molecule has 0 aliphatic rings. The maximum absolute atomic E-state index is 6.60. The van der Waals surface area contributed by atoms with E-state index in [-0.39, 0.29) is 6.61 Å². The van der Waals surface area contributed by atoms with Crippen molar-refractivity contribution in [3.05, 3.63) is 187 Å². The topological polar surface area (TPSA) is 98.3 Å². The van der Waals surface area contributed by atoms with Crippen LogP contribution in [0.25, 0.3) is 77.8 Å². The molecule has 5 heterocycles. The highest BCUT2D eigenvalue weighted by atomic mass is 16.5. The minimum absolute atomic E-state index is 0.223. The number of hydrogen-bond acceptors (Lipinski definition) is 8. The van der Waals surface area contributed by atoms with Gasteiger partial charge in [-0.1, -0.05) is 60.7 Å². The van der Waals surface area contributed by atoms with Crippen LogP contribution in [-0.2, 0) is 11.3 Å². The highest BCUT2D eigenvalue weighted by Crippen LogP contribution is 2.39. The summed E-state index contributed by atoms with van der Waals surface area (Å²) in [4.78, 5) is 19.8. The fourth-order valence-corrected chi connectivity index (χ4v) is 8.84. The number of hydrogen-bond donors (Lipinski definition) is 0. The van der Waals surface area contributed by atoms with Crippen LogP contribution in [0.2, 0.25) is 0 Å². The molecule has 0 fully saturated rings. The van der Waals surface area contributed by atoms with Crippen LogP contribution in [0.3, 0.4) is 0 Å². The van der Waals surface area contributed by atoms with E-state index in [1.807, 2.05) is 92.1 Å². The Morgan fingerprint density at radius 2 is 0.970 bits per heavy atom. The molecule has 0 bridgehead atoms. The summed E-state index contributed by atoms with van der Waals surface area (Å²) >= 11 is 0. The first-order chi connectivity index (χ1) is 32.4. The Kier molecular flexibility index (Phi) is 10.4. The van der Waals surface area contributed by atoms with Crippen LogP contribution in [0, 0.1) is 13.8 Å². The third-order valence-electron chi connectivity index (χ3n) is 11.7. The molecule has 0 unspecified atom stereocenters. The Morgan fingerprint density at radius 3 is 1.48 bits per heavy atom. The summed E-state index contributed by atoms with van der Waals surface area (Å²) in [5.41, 5.74) is 9.90. The highest BCUT2D eigenvalue weighted by molar-refractivity contribution is 6.10. The highest BCUT2D eigenvalue weighted by Gasteiger charge is 2.21. The van der Waals surface area contributed by atoms with Gasteiger partial charge in [-0.3, -0.25) is 9.13 Å². The number of fused-ring (bicyclic) bond motifs is 6. The summed E-state index contributed by atoms with van der Waals surface area (Å²) in [6.07, 6.45) is 3.70. The number of rotatable bonds is 12. The lowest BCUT2D eigenvalue weighted by atomic mass is 10.1. The summed E-state index contributed by atoms with van der Waals surface area (Å²) in [5, 5.41) is 4.53. The maximum atomic E-state index is 6.60. The van der Waals surface area contributed by atoms with E-state index in [1.54, 1.807) is 7.11 Å². The average molecular weight is 865 g/mol. The minimum atomic E-state index is 0.223. The molecule has 0 atom stereocenters. The summed E-state index contributed by atoms with van der Waals surface area (Å²) in [6, 6.07) is 53.1. The molecule has 0 spiro atoms. The minimum Gasteiger partial charge on any atom is -0.476 e. The van der Waals surface area contributed by atoms with Crippen molar-refractivity contribution in [3.8, 4) is 63.0 Å². The number of aryl methyl sites for hydroxylation is 2. The van der Waals surface area contributed by atoms with Gasteiger partial charge in [-0.2, -0.15) is 0 Å². The van der Waals surface area contributed by atoms with Crippen molar-refractivity contribution >= 4 is 43.6 Å². The van der Waals surface area contributed by atoms with Crippen LogP contribution < -0.4 is 14.2 Å². The fraction of sp³-hybridized carbons (Fsp3) is 0.107. The van der Waals surface area contributed by atoms with E-state index in [0.717, 1.165) is 77.5 Å². The zero-order valence-electron chi connectivity index (χ0n) is 36.9. The predicted molar refractivity (Wildman–Crippen MR) is 262 cm³/mol. The monoisotopic (exact) mass is 864 g/mol. The van der Waals surface area contributed by atoms with Crippen LogP contribution >= 0.6 is 0 Å². The molecule has 6 aromatic carbocycles. The molecule has 0 saturated heterocycles. The first-order valence-corrected chi connectivity index (χ1v) is 21.9. The molecule has 0 saturated carbocycles. The molecule has 0 N–H and O–H groups in total. The molecule has 0 radical (unpaired) electrons. The van der Waals surface area contributed by atoms with Gasteiger partial charge in [0.15, 0.2) is 0 Å². The van der Waals surface area contributed by atoms with Gasteiger partial charge in [-0.15, -0.1) is 0 Å². The van der Waals surface area contributed by atoms with E-state index < -0.39 is 0 Å². The lowest BCUT2D eigenvalue weighted by Gasteiger charge is -2.16. The van der Waals surface area contributed by atoms with E-state index in [1.165, 1.54) is 0 Å². The normalized spacial score (nSPS) is 11.5. The van der Waals surface area contributed by atoms with Gasteiger partial charge in [0.05, 0.1) is 46.7 Å². The summed E-state index contributed by atoms with van der Waals surface area (Å²) in [5.74, 6) is 4.78. The molecule has 66 heavy (non-hydrogen) atoms. The molecular formula is C56H44N6O4. The van der Waals surface area contributed by atoms with Gasteiger partial charge in [-0.25, -0.2) is 19.9 Å². The quantitative estimate of drug-likeness (QED) is 0.120. The van der Waals surface area contributed by atoms with E-state index in [9.17, 15) is 0 Å². The van der Waals surface area contributed by atoms with Gasteiger partial charge < -0.3 is 18.9 Å². The fourth-order valence-electron chi connectivity index (χ4n) is 8.84. The van der Waals surface area contributed by atoms with Crippen LogP contribution in [0.15, 0.2) is 170 Å². The van der Waals surface area contributed by atoms with Crippen molar-refractivity contribution in [2.24, 2.45) is 0 Å². The summed E-state index contributed by atoms with van der Waals surface area (Å²) < 4.78 is 29.5. The Balaban J connectivity index is 0.924. The van der Waals surface area contributed by atoms with Gasteiger partial charge in [0.1, 0.15) is 40.3 Å². The molecule has 0 amide bonds. The molecule has 11 rings (SSSR count). The number of aromatic nitrogens is 6. The summed E-state index contributed by atoms with van der Waals surface area (Å²) in [7, 11) is 1.66. The Hall–Kier alpha value is -8.34. The van der Waals surface area contributed by atoms with Crippen LogP contribution in [0.1, 0.15) is 23.7 Å². The molecule has 10 heteroatoms. The van der Waals surface area contributed by atoms with Crippen molar-refractivity contribution in [3.63, 3.8) is 0 Å². The number of pyridine rings is 2. The van der Waals surface area contributed by atoms with E-state index in [0.29, 0.717) is 52.6 Å². The van der Waals surface area contributed by atoms with Gasteiger partial charge >= 0.3 is 0 Å². The van der Waals surface area contributed by atoms with Gasteiger partial charge in [0.25, 0.3) is 0 Å². The zero-order valence-corrected chi connectivity index (χ0v) is 36.9. The van der Waals surface area contributed by atoms with Gasteiger partial charge in [0, 0.05) is 64.3 Å². The first kappa shape index (κ1) is 40.4. The maximum Gasteiger partial charge on any atom is 0.241 e. The number of ether oxygens (including phenoxy) is 4. The SMILES string of the molecule is CCOc1nc(-c2cccc(Oc3ccc4c5ccccc5n(-c5cc(C)ccn5)c4c3)c2)c(COC)nc1-c1cccc(Oc2ccc3c4ccccc4n(-c4cc(C)ccn4)c3c2)c1. The molecule has 0 aliphatic heterocycles. The second kappa shape index (κ2) is 17.0. The number of benzene rings is 6. The lowest BCUT2D eigenvalue weighted by molar-refractivity contribution is 0.181. The second-order valence-corrected chi connectivity index (χ2v) is 16.2. The third kappa shape index (κ3) is 7.42. The molecule has 5 aromatic heterocycles. The molecule has 0 aliphatic carbocycles.